The summed E-state index contributed by atoms with van der Waals surface area (Å²) in [6.07, 6.45) is -4.13. The average Bonchev–Trinajstić information content (AvgIpc) is 2.59. The molecule has 138 valence electrons. The summed E-state index contributed by atoms with van der Waals surface area (Å²) < 4.78 is 36.8. The molecule has 7 heteroatoms. The number of aryl methyl sites for hydroxylation is 2. The Bertz CT molecular complexity index is 788. The Labute approximate surface area is 149 Å². The van der Waals surface area contributed by atoms with E-state index in [2.05, 4.69) is 5.32 Å². The largest absolute Gasteiger partial charge is 0.471 e. The van der Waals surface area contributed by atoms with E-state index in [1.807, 2.05) is 31.2 Å². The predicted octanol–water partition coefficient (Wildman–Crippen LogP) is 3.74. The third kappa shape index (κ3) is 5.61. The molecule has 2 N–H and O–H groups in total. The Morgan fingerprint density at radius 1 is 0.962 bits per heavy atom. The number of hydrogen-bond donors (Lipinski definition) is 2. The Balaban J connectivity index is 1.95. The van der Waals surface area contributed by atoms with Gasteiger partial charge in [-0.25, -0.2) is 0 Å². The van der Waals surface area contributed by atoms with E-state index in [-0.39, 0.29) is 18.9 Å². The fraction of sp³-hybridized carbons (Fsp3) is 0.263. The number of amides is 2. The van der Waals surface area contributed by atoms with E-state index in [9.17, 15) is 22.8 Å². The Kier molecular flexibility index (Phi) is 6.38. The molecule has 26 heavy (non-hydrogen) atoms. The second kappa shape index (κ2) is 8.51. The Morgan fingerprint density at radius 3 is 2.23 bits per heavy atom. The number of para-hydroxylation sites is 1. The van der Waals surface area contributed by atoms with Crippen LogP contribution in [-0.2, 0) is 22.6 Å². The zero-order valence-electron chi connectivity index (χ0n) is 14.2. The fourth-order valence-corrected chi connectivity index (χ4v) is 2.42. The van der Waals surface area contributed by atoms with E-state index in [1.54, 1.807) is 29.6 Å². The van der Waals surface area contributed by atoms with Gasteiger partial charge in [0.15, 0.2) is 0 Å². The summed E-state index contributed by atoms with van der Waals surface area (Å²) in [6, 6.07) is 14.1. The number of anilines is 1. The van der Waals surface area contributed by atoms with Crippen molar-refractivity contribution in [3.05, 3.63) is 65.2 Å². The molecule has 2 amide bonds. The van der Waals surface area contributed by atoms with Crippen LogP contribution in [0.15, 0.2) is 48.5 Å². The first-order chi connectivity index (χ1) is 12.3. The van der Waals surface area contributed by atoms with Crippen molar-refractivity contribution in [1.29, 1.82) is 0 Å². The van der Waals surface area contributed by atoms with Crippen LogP contribution >= 0.6 is 0 Å². The summed E-state index contributed by atoms with van der Waals surface area (Å²) in [7, 11) is 0. The van der Waals surface area contributed by atoms with Crippen molar-refractivity contribution in [1.82, 2.24) is 5.32 Å². The first-order valence-corrected chi connectivity index (χ1v) is 8.04. The lowest BCUT2D eigenvalue weighted by Crippen LogP contribution is -2.36. The number of rotatable bonds is 6. The smallest absolute Gasteiger partial charge is 0.344 e. The maximum atomic E-state index is 12.3. The molecular weight excluding hydrogens is 345 g/mol. The number of nitrogens with one attached hydrogen (secondary N) is 2. The summed E-state index contributed by atoms with van der Waals surface area (Å²) in [4.78, 5) is 23.1. The number of carbonyl (C=O) groups excluding carboxylic acids is 2. The maximum absolute atomic E-state index is 12.3. The topological polar surface area (TPSA) is 58.2 Å². The van der Waals surface area contributed by atoms with E-state index in [1.165, 1.54) is 0 Å². The highest BCUT2D eigenvalue weighted by atomic mass is 19.4. The monoisotopic (exact) mass is 364 g/mol. The minimum atomic E-state index is -4.94. The van der Waals surface area contributed by atoms with E-state index in [0.717, 1.165) is 11.1 Å². The molecular formula is C19H19F3N2O2. The summed E-state index contributed by atoms with van der Waals surface area (Å²) in [5.74, 6) is -2.26. The van der Waals surface area contributed by atoms with E-state index in [0.29, 0.717) is 17.7 Å². The second-order valence-electron chi connectivity index (χ2n) is 5.81. The van der Waals surface area contributed by atoms with Gasteiger partial charge in [0, 0.05) is 18.7 Å². The summed E-state index contributed by atoms with van der Waals surface area (Å²) >= 11 is 0. The molecule has 0 radical (unpaired) electrons. The number of benzene rings is 2. The average molecular weight is 364 g/mol. The Morgan fingerprint density at radius 2 is 1.58 bits per heavy atom. The normalized spacial score (nSPS) is 11.1. The van der Waals surface area contributed by atoms with Gasteiger partial charge in [-0.05, 0) is 36.1 Å². The van der Waals surface area contributed by atoms with Crippen LogP contribution in [0.25, 0.3) is 0 Å². The summed E-state index contributed by atoms with van der Waals surface area (Å²) in [5.41, 5.74) is 2.93. The summed E-state index contributed by atoms with van der Waals surface area (Å²) in [6.45, 7) is 1.64. The second-order valence-corrected chi connectivity index (χ2v) is 5.81. The predicted molar refractivity (Wildman–Crippen MR) is 92.5 cm³/mol. The highest BCUT2D eigenvalue weighted by Gasteiger charge is 2.38. The number of alkyl halides is 3. The molecule has 4 nitrogen and oxygen atoms in total. The number of hydrogen-bond acceptors (Lipinski definition) is 2. The van der Waals surface area contributed by atoms with E-state index < -0.39 is 12.1 Å². The SMILES string of the molecule is Cc1ccccc1CCC(=O)Nc1ccccc1CNC(=O)C(F)(F)F. The molecule has 0 saturated heterocycles. The molecule has 0 spiro atoms. The molecule has 0 bridgehead atoms. The van der Waals surface area contributed by atoms with Gasteiger partial charge < -0.3 is 10.6 Å². The molecule has 0 aliphatic carbocycles. The van der Waals surface area contributed by atoms with Crippen LogP contribution in [0.3, 0.4) is 0 Å². The van der Waals surface area contributed by atoms with Gasteiger partial charge in [0.2, 0.25) is 5.91 Å². The van der Waals surface area contributed by atoms with Gasteiger partial charge in [0.05, 0.1) is 0 Å². The van der Waals surface area contributed by atoms with Crippen LogP contribution in [0.2, 0.25) is 0 Å². The highest BCUT2D eigenvalue weighted by molar-refractivity contribution is 5.91. The van der Waals surface area contributed by atoms with Crippen LogP contribution in [0.4, 0.5) is 18.9 Å². The van der Waals surface area contributed by atoms with Crippen LogP contribution < -0.4 is 10.6 Å². The zero-order chi connectivity index (χ0) is 19.2. The Hall–Kier alpha value is -2.83. The van der Waals surface area contributed by atoms with Crippen LogP contribution in [0.1, 0.15) is 23.1 Å². The number of halogens is 3. The molecule has 0 fully saturated rings. The molecule has 0 aliphatic heterocycles. The molecule has 0 aromatic heterocycles. The van der Waals surface area contributed by atoms with Crippen molar-refractivity contribution in [2.24, 2.45) is 0 Å². The maximum Gasteiger partial charge on any atom is 0.471 e. The minimum absolute atomic E-state index is 0.244. The number of carbonyl (C=O) groups is 2. The molecule has 0 heterocycles. The molecule has 2 aromatic rings. The van der Waals surface area contributed by atoms with Crippen molar-refractivity contribution in [3.8, 4) is 0 Å². The van der Waals surface area contributed by atoms with Gasteiger partial charge in [-0.3, -0.25) is 9.59 Å². The van der Waals surface area contributed by atoms with E-state index in [4.69, 9.17) is 0 Å². The highest BCUT2D eigenvalue weighted by Crippen LogP contribution is 2.18. The van der Waals surface area contributed by atoms with Crippen molar-refractivity contribution in [2.75, 3.05) is 5.32 Å². The third-order valence-corrected chi connectivity index (χ3v) is 3.87. The van der Waals surface area contributed by atoms with Crippen LogP contribution in [-0.4, -0.2) is 18.0 Å². The first kappa shape index (κ1) is 19.5. The molecule has 2 aromatic carbocycles. The standard InChI is InChI=1S/C19H19F3N2O2/c1-13-6-2-3-7-14(13)10-11-17(25)24-16-9-5-4-8-15(16)12-23-18(26)19(20,21)22/h2-9H,10-12H2,1H3,(H,23,26)(H,24,25). The van der Waals surface area contributed by atoms with Crippen molar-refractivity contribution in [3.63, 3.8) is 0 Å². The lowest BCUT2D eigenvalue weighted by molar-refractivity contribution is -0.173. The lowest BCUT2D eigenvalue weighted by Gasteiger charge is -2.13. The lowest BCUT2D eigenvalue weighted by atomic mass is 10.0. The molecule has 2 rings (SSSR count). The molecule has 0 aliphatic rings. The molecule has 0 saturated carbocycles. The van der Waals surface area contributed by atoms with Crippen molar-refractivity contribution in [2.45, 2.75) is 32.5 Å². The first-order valence-electron chi connectivity index (χ1n) is 8.04. The van der Waals surface area contributed by atoms with Gasteiger partial charge in [-0.1, -0.05) is 42.5 Å². The van der Waals surface area contributed by atoms with Gasteiger partial charge in [-0.2, -0.15) is 13.2 Å². The third-order valence-electron chi connectivity index (χ3n) is 3.87. The van der Waals surface area contributed by atoms with Gasteiger partial charge in [-0.15, -0.1) is 0 Å². The van der Waals surface area contributed by atoms with Gasteiger partial charge in [0.25, 0.3) is 0 Å². The van der Waals surface area contributed by atoms with Crippen molar-refractivity contribution < 1.29 is 22.8 Å². The van der Waals surface area contributed by atoms with Gasteiger partial charge in [0.1, 0.15) is 0 Å². The zero-order valence-corrected chi connectivity index (χ0v) is 14.2. The van der Waals surface area contributed by atoms with Crippen LogP contribution in [0, 0.1) is 6.92 Å². The van der Waals surface area contributed by atoms with E-state index >= 15 is 0 Å². The minimum Gasteiger partial charge on any atom is -0.344 e. The van der Waals surface area contributed by atoms with Crippen LogP contribution in [0.5, 0.6) is 0 Å². The van der Waals surface area contributed by atoms with Crippen molar-refractivity contribution >= 4 is 17.5 Å². The summed E-state index contributed by atoms with van der Waals surface area (Å²) in [5, 5.41) is 4.49. The molecule has 0 atom stereocenters. The fourth-order valence-electron chi connectivity index (χ4n) is 2.42. The quantitative estimate of drug-likeness (QED) is 0.820. The molecule has 0 unspecified atom stereocenters. The van der Waals surface area contributed by atoms with Gasteiger partial charge >= 0.3 is 12.1 Å².